The van der Waals surface area contributed by atoms with Crippen LogP contribution in [-0.4, -0.2) is 4.98 Å². The maximum Gasteiger partial charge on any atom is 0.0346 e. The largest absolute Gasteiger partial charge is 0.263 e. The average molecular weight is 265 g/mol. The molecule has 104 valence electrons. The fraction of sp³-hybridized carbons (Fsp3) is 0.316. The van der Waals surface area contributed by atoms with Gasteiger partial charge in [0, 0.05) is 18.0 Å². The Labute approximate surface area is 122 Å². The summed E-state index contributed by atoms with van der Waals surface area (Å²) in [6.45, 7) is 4.45. The van der Waals surface area contributed by atoms with Crippen molar-refractivity contribution in [2.75, 3.05) is 0 Å². The van der Waals surface area contributed by atoms with Gasteiger partial charge < -0.3 is 0 Å². The molecule has 0 saturated carbocycles. The minimum atomic E-state index is 1.12. The molecule has 1 aromatic carbocycles. The number of rotatable bonds is 6. The van der Waals surface area contributed by atoms with Gasteiger partial charge in [-0.3, -0.25) is 4.98 Å². The third-order valence-electron chi connectivity index (χ3n) is 3.41. The summed E-state index contributed by atoms with van der Waals surface area (Å²) in [6, 6.07) is 12.7. The maximum atomic E-state index is 4.43. The van der Waals surface area contributed by atoms with Crippen molar-refractivity contribution >= 4 is 5.57 Å². The summed E-state index contributed by atoms with van der Waals surface area (Å²) in [7, 11) is 0. The Kier molecular flexibility index (Phi) is 5.55. The molecule has 0 N–H and O–H groups in total. The highest BCUT2D eigenvalue weighted by molar-refractivity contribution is 5.71. The van der Waals surface area contributed by atoms with Crippen LogP contribution in [0.15, 0.2) is 54.9 Å². The predicted molar refractivity (Wildman–Crippen MR) is 87.5 cm³/mol. The second-order valence-corrected chi connectivity index (χ2v) is 5.10. The number of allylic oxidation sites excluding steroid dienone is 2. The molecule has 0 aliphatic carbocycles. The molecule has 0 aliphatic heterocycles. The van der Waals surface area contributed by atoms with Crippen molar-refractivity contribution in [3.05, 3.63) is 60.4 Å². The summed E-state index contributed by atoms with van der Waals surface area (Å²) in [5.74, 6) is 0. The van der Waals surface area contributed by atoms with Gasteiger partial charge in [0.15, 0.2) is 0 Å². The van der Waals surface area contributed by atoms with Crippen molar-refractivity contribution in [2.24, 2.45) is 0 Å². The second-order valence-electron chi connectivity index (χ2n) is 5.10. The lowest BCUT2D eigenvalue weighted by molar-refractivity contribution is 0.932. The average Bonchev–Trinajstić information content (AvgIpc) is 2.52. The van der Waals surface area contributed by atoms with Crippen LogP contribution in [0.5, 0.6) is 0 Å². The van der Waals surface area contributed by atoms with Gasteiger partial charge in [-0.15, -0.1) is 0 Å². The highest BCUT2D eigenvalue weighted by Crippen LogP contribution is 2.25. The van der Waals surface area contributed by atoms with E-state index in [1.54, 1.807) is 0 Å². The number of nitrogens with zero attached hydrogens (tertiary/aromatic N) is 1. The standard InChI is InChI=1S/C19H23N/c1-3-5-10-16(9-4-2)18-13-19(15-20-14-18)17-11-7-6-8-12-17/h6-8,10-15H,3-5,9H2,1-2H3. The van der Waals surface area contributed by atoms with Crippen LogP contribution in [0.2, 0.25) is 0 Å². The van der Waals surface area contributed by atoms with E-state index in [1.165, 1.54) is 35.1 Å². The number of aromatic nitrogens is 1. The quantitative estimate of drug-likeness (QED) is 0.649. The van der Waals surface area contributed by atoms with Gasteiger partial charge in [0.2, 0.25) is 0 Å². The zero-order valence-electron chi connectivity index (χ0n) is 12.5. The lowest BCUT2D eigenvalue weighted by Crippen LogP contribution is -1.89. The number of benzene rings is 1. The summed E-state index contributed by atoms with van der Waals surface area (Å²) >= 11 is 0. The molecule has 0 saturated heterocycles. The first-order chi connectivity index (χ1) is 9.85. The number of unbranched alkanes of at least 4 members (excludes halogenated alkanes) is 1. The molecule has 0 unspecified atom stereocenters. The third-order valence-corrected chi connectivity index (χ3v) is 3.41. The van der Waals surface area contributed by atoms with E-state index in [9.17, 15) is 0 Å². The van der Waals surface area contributed by atoms with Crippen LogP contribution in [0.1, 0.15) is 45.1 Å². The number of hydrogen-bond donors (Lipinski definition) is 0. The zero-order chi connectivity index (χ0) is 14.2. The summed E-state index contributed by atoms with van der Waals surface area (Å²) in [6.07, 6.45) is 10.9. The van der Waals surface area contributed by atoms with Gasteiger partial charge in [-0.1, -0.05) is 63.1 Å². The molecule has 0 aliphatic rings. The number of pyridine rings is 1. The summed E-state index contributed by atoms with van der Waals surface area (Å²) in [5.41, 5.74) is 5.12. The second kappa shape index (κ2) is 7.64. The van der Waals surface area contributed by atoms with Crippen LogP contribution < -0.4 is 0 Å². The molecule has 0 bridgehead atoms. The fourth-order valence-corrected chi connectivity index (χ4v) is 2.36. The van der Waals surface area contributed by atoms with Gasteiger partial charge in [-0.05, 0) is 35.6 Å². The highest BCUT2D eigenvalue weighted by atomic mass is 14.6. The molecule has 0 atom stereocenters. The normalized spacial score (nSPS) is 11.6. The van der Waals surface area contributed by atoms with Crippen molar-refractivity contribution in [1.82, 2.24) is 4.98 Å². The molecule has 1 aromatic heterocycles. The SMILES string of the molecule is CCCC=C(CCC)c1cncc(-c2ccccc2)c1. The van der Waals surface area contributed by atoms with Crippen molar-refractivity contribution in [3.8, 4) is 11.1 Å². The zero-order valence-corrected chi connectivity index (χ0v) is 12.5. The minimum Gasteiger partial charge on any atom is -0.263 e. The summed E-state index contributed by atoms with van der Waals surface area (Å²) in [5, 5.41) is 0. The molecule has 1 heterocycles. The summed E-state index contributed by atoms with van der Waals surface area (Å²) < 4.78 is 0. The van der Waals surface area contributed by atoms with Gasteiger partial charge in [-0.25, -0.2) is 0 Å². The first-order valence-electron chi connectivity index (χ1n) is 7.55. The number of hydrogen-bond acceptors (Lipinski definition) is 1. The van der Waals surface area contributed by atoms with Crippen LogP contribution in [0.25, 0.3) is 16.7 Å². The van der Waals surface area contributed by atoms with E-state index in [0.717, 1.165) is 12.8 Å². The molecule has 0 amide bonds. The van der Waals surface area contributed by atoms with Crippen molar-refractivity contribution in [1.29, 1.82) is 0 Å². The van der Waals surface area contributed by atoms with E-state index in [-0.39, 0.29) is 0 Å². The van der Waals surface area contributed by atoms with E-state index < -0.39 is 0 Å². The predicted octanol–water partition coefficient (Wildman–Crippen LogP) is 5.73. The van der Waals surface area contributed by atoms with Crippen molar-refractivity contribution < 1.29 is 0 Å². The van der Waals surface area contributed by atoms with E-state index in [2.05, 4.69) is 55.2 Å². The Balaban J connectivity index is 2.33. The van der Waals surface area contributed by atoms with E-state index >= 15 is 0 Å². The van der Waals surface area contributed by atoms with Crippen LogP contribution in [-0.2, 0) is 0 Å². The van der Waals surface area contributed by atoms with Crippen LogP contribution in [0.4, 0.5) is 0 Å². The molecule has 2 rings (SSSR count). The molecular weight excluding hydrogens is 242 g/mol. The molecule has 0 radical (unpaired) electrons. The lowest BCUT2D eigenvalue weighted by Gasteiger charge is -2.09. The van der Waals surface area contributed by atoms with Crippen molar-refractivity contribution in [3.63, 3.8) is 0 Å². The molecule has 1 heteroatoms. The molecule has 2 aromatic rings. The first kappa shape index (κ1) is 14.5. The first-order valence-corrected chi connectivity index (χ1v) is 7.55. The Morgan fingerprint density at radius 1 is 1.00 bits per heavy atom. The Hall–Kier alpha value is -1.89. The van der Waals surface area contributed by atoms with Gasteiger partial charge in [-0.2, -0.15) is 0 Å². The van der Waals surface area contributed by atoms with Crippen LogP contribution in [0, 0.1) is 0 Å². The Bertz CT molecular complexity index is 555. The van der Waals surface area contributed by atoms with Crippen molar-refractivity contribution in [2.45, 2.75) is 39.5 Å². The lowest BCUT2D eigenvalue weighted by atomic mass is 9.98. The molecule has 1 nitrogen and oxygen atoms in total. The van der Waals surface area contributed by atoms with Gasteiger partial charge in [0.1, 0.15) is 0 Å². The Morgan fingerprint density at radius 3 is 2.50 bits per heavy atom. The van der Waals surface area contributed by atoms with Crippen LogP contribution in [0.3, 0.4) is 0 Å². The molecular formula is C19H23N. The monoisotopic (exact) mass is 265 g/mol. The fourth-order valence-electron chi connectivity index (χ4n) is 2.36. The third kappa shape index (κ3) is 3.80. The topological polar surface area (TPSA) is 12.9 Å². The summed E-state index contributed by atoms with van der Waals surface area (Å²) in [4.78, 5) is 4.43. The van der Waals surface area contributed by atoms with Gasteiger partial charge >= 0.3 is 0 Å². The molecule has 0 fully saturated rings. The minimum absolute atomic E-state index is 1.12. The van der Waals surface area contributed by atoms with Crippen LogP contribution >= 0.6 is 0 Å². The Morgan fingerprint density at radius 2 is 1.80 bits per heavy atom. The van der Waals surface area contributed by atoms with Gasteiger partial charge in [0.05, 0.1) is 0 Å². The molecule has 0 spiro atoms. The maximum absolute atomic E-state index is 4.43. The van der Waals surface area contributed by atoms with E-state index in [1.807, 2.05) is 18.5 Å². The highest BCUT2D eigenvalue weighted by Gasteiger charge is 2.04. The smallest absolute Gasteiger partial charge is 0.0346 e. The van der Waals surface area contributed by atoms with E-state index in [0.29, 0.717) is 0 Å². The molecule has 20 heavy (non-hydrogen) atoms. The van der Waals surface area contributed by atoms with E-state index in [4.69, 9.17) is 0 Å². The van der Waals surface area contributed by atoms with Gasteiger partial charge in [0.25, 0.3) is 0 Å².